The summed E-state index contributed by atoms with van der Waals surface area (Å²) in [5, 5.41) is 60.5. The lowest BCUT2D eigenvalue weighted by molar-refractivity contribution is -0.135. The van der Waals surface area contributed by atoms with E-state index < -0.39 is 24.1 Å². The highest BCUT2D eigenvalue weighted by atomic mass is 16.5. The monoisotopic (exact) mass is 452 g/mol. The van der Waals surface area contributed by atoms with E-state index in [4.69, 9.17) is 9.47 Å². The molecule has 0 fully saturated rings. The lowest BCUT2D eigenvalue weighted by Crippen LogP contribution is -2.32. The second-order valence-electron chi connectivity index (χ2n) is 8.15. The Morgan fingerprint density at radius 1 is 0.758 bits per heavy atom. The maximum absolute atomic E-state index is 12.4. The first-order valence-electron chi connectivity index (χ1n) is 10.2. The molecule has 0 radical (unpaired) electrons. The summed E-state index contributed by atoms with van der Waals surface area (Å²) in [6.07, 6.45) is -2.04. The predicted molar refractivity (Wildman–Crippen MR) is 113 cm³/mol. The lowest BCUT2D eigenvalue weighted by atomic mass is 9.82. The number of phenolic OH excluding ortho intramolecular Hbond substituents is 5. The SMILES string of the molecule is O=C1CC(c2ccc(O)c(O)c2)c2c(O)cc3c(c2O1)C[C@@H](O)[C@@H](c1ccc(O)c(O)c1)O3. The number of carbonyl (C=O) groups is 1. The van der Waals surface area contributed by atoms with Gasteiger partial charge in [-0.05, 0) is 35.4 Å². The quantitative estimate of drug-likeness (QED) is 0.195. The second-order valence-corrected chi connectivity index (χ2v) is 8.15. The summed E-state index contributed by atoms with van der Waals surface area (Å²) in [6, 6.07) is 9.59. The Balaban J connectivity index is 1.59. The van der Waals surface area contributed by atoms with E-state index in [9.17, 15) is 35.4 Å². The number of aliphatic hydroxyl groups excluding tert-OH is 1. The van der Waals surface area contributed by atoms with Crippen molar-refractivity contribution in [2.45, 2.75) is 31.0 Å². The van der Waals surface area contributed by atoms with Crippen LogP contribution in [-0.2, 0) is 11.2 Å². The van der Waals surface area contributed by atoms with Crippen molar-refractivity contribution in [1.29, 1.82) is 0 Å². The Bertz CT molecular complexity index is 1280. The highest BCUT2D eigenvalue weighted by Gasteiger charge is 2.39. The first kappa shape index (κ1) is 20.8. The maximum atomic E-state index is 12.4. The molecule has 2 aliphatic heterocycles. The van der Waals surface area contributed by atoms with Crippen molar-refractivity contribution in [2.75, 3.05) is 0 Å². The fraction of sp³-hybridized carbons (Fsp3) is 0.208. The van der Waals surface area contributed by atoms with Gasteiger partial charge in [-0.2, -0.15) is 0 Å². The van der Waals surface area contributed by atoms with Crippen LogP contribution in [0, 0.1) is 0 Å². The third kappa shape index (κ3) is 3.42. The minimum Gasteiger partial charge on any atom is -0.507 e. The standard InChI is InChI=1S/C24H20O9/c25-14-3-1-10(5-16(14)27)12-8-21(31)33-24-13-7-19(30)23(11-2-4-15(26)17(28)6-11)32-20(13)9-18(29)22(12)24/h1-6,9,12,19,23,25-30H,7-8H2/t12?,19-,23-/m1/s1. The summed E-state index contributed by atoms with van der Waals surface area (Å²) in [5.41, 5.74) is 1.62. The third-order valence-corrected chi connectivity index (χ3v) is 6.04. The minimum absolute atomic E-state index is 0.0328. The van der Waals surface area contributed by atoms with Gasteiger partial charge < -0.3 is 40.1 Å². The number of hydrogen-bond acceptors (Lipinski definition) is 9. The molecule has 3 aromatic rings. The van der Waals surface area contributed by atoms with Crippen LogP contribution in [0.15, 0.2) is 42.5 Å². The first-order chi connectivity index (χ1) is 15.7. The molecule has 0 saturated carbocycles. The van der Waals surface area contributed by atoms with Crippen molar-refractivity contribution >= 4 is 5.97 Å². The van der Waals surface area contributed by atoms with Gasteiger partial charge in [-0.1, -0.05) is 12.1 Å². The predicted octanol–water partition coefficient (Wildman–Crippen LogP) is 2.69. The van der Waals surface area contributed by atoms with Crippen LogP contribution in [0.25, 0.3) is 0 Å². The number of fused-ring (bicyclic) bond motifs is 3. The van der Waals surface area contributed by atoms with E-state index >= 15 is 0 Å². The van der Waals surface area contributed by atoms with Crippen molar-refractivity contribution < 1.29 is 44.9 Å². The van der Waals surface area contributed by atoms with Crippen LogP contribution in [0.3, 0.4) is 0 Å². The zero-order valence-electron chi connectivity index (χ0n) is 17.1. The van der Waals surface area contributed by atoms with Crippen molar-refractivity contribution in [2.24, 2.45) is 0 Å². The number of ether oxygens (including phenoxy) is 2. The summed E-state index contributed by atoms with van der Waals surface area (Å²) in [5.74, 6) is -2.46. The van der Waals surface area contributed by atoms with Gasteiger partial charge in [-0.25, -0.2) is 0 Å². The molecule has 0 saturated heterocycles. The van der Waals surface area contributed by atoms with E-state index in [0.29, 0.717) is 22.3 Å². The molecule has 0 amide bonds. The highest BCUT2D eigenvalue weighted by Crippen LogP contribution is 2.52. The molecule has 9 heteroatoms. The van der Waals surface area contributed by atoms with E-state index in [1.807, 2.05) is 0 Å². The molecule has 6 N–H and O–H groups in total. The number of rotatable bonds is 2. The number of esters is 1. The molecule has 2 heterocycles. The van der Waals surface area contributed by atoms with Crippen LogP contribution in [0.1, 0.15) is 40.7 Å². The van der Waals surface area contributed by atoms with E-state index in [2.05, 4.69) is 0 Å². The van der Waals surface area contributed by atoms with Crippen molar-refractivity contribution in [1.82, 2.24) is 0 Å². The number of carbonyl (C=O) groups excluding carboxylic acids is 1. The molecular formula is C24H20O9. The van der Waals surface area contributed by atoms with Gasteiger partial charge in [0.1, 0.15) is 23.4 Å². The van der Waals surface area contributed by atoms with E-state index in [1.165, 1.54) is 36.4 Å². The zero-order valence-corrected chi connectivity index (χ0v) is 17.1. The molecule has 9 nitrogen and oxygen atoms in total. The van der Waals surface area contributed by atoms with E-state index in [1.54, 1.807) is 6.07 Å². The number of aliphatic hydroxyl groups is 1. The van der Waals surface area contributed by atoms with Crippen LogP contribution >= 0.6 is 0 Å². The molecule has 0 spiro atoms. The largest absolute Gasteiger partial charge is 0.507 e. The molecule has 3 atom stereocenters. The highest BCUT2D eigenvalue weighted by molar-refractivity contribution is 5.80. The normalized spacial score (nSPS) is 21.5. The van der Waals surface area contributed by atoms with Crippen molar-refractivity contribution in [3.05, 3.63) is 64.7 Å². The summed E-state index contributed by atoms with van der Waals surface area (Å²) >= 11 is 0. The van der Waals surface area contributed by atoms with Gasteiger partial charge in [0.25, 0.3) is 0 Å². The van der Waals surface area contributed by atoms with Gasteiger partial charge in [0.15, 0.2) is 23.0 Å². The van der Waals surface area contributed by atoms with Crippen LogP contribution in [0.5, 0.6) is 40.2 Å². The molecule has 0 aromatic heterocycles. The molecule has 3 aromatic carbocycles. The number of phenols is 5. The molecule has 33 heavy (non-hydrogen) atoms. The molecule has 1 unspecified atom stereocenters. The molecule has 0 bridgehead atoms. The van der Waals surface area contributed by atoms with Gasteiger partial charge >= 0.3 is 5.97 Å². The maximum Gasteiger partial charge on any atom is 0.312 e. The molecular weight excluding hydrogens is 432 g/mol. The number of aromatic hydroxyl groups is 5. The Morgan fingerprint density at radius 2 is 1.39 bits per heavy atom. The van der Waals surface area contributed by atoms with Crippen molar-refractivity contribution in [3.63, 3.8) is 0 Å². The minimum atomic E-state index is -1.08. The second kappa shape index (κ2) is 7.49. The van der Waals surface area contributed by atoms with Crippen LogP contribution in [-0.4, -0.2) is 42.7 Å². The summed E-state index contributed by atoms with van der Waals surface area (Å²) in [7, 11) is 0. The zero-order chi connectivity index (χ0) is 23.4. The van der Waals surface area contributed by atoms with Gasteiger partial charge in [-0.15, -0.1) is 0 Å². The molecule has 2 aliphatic rings. The van der Waals surface area contributed by atoms with Crippen molar-refractivity contribution in [3.8, 4) is 40.2 Å². The fourth-order valence-electron chi connectivity index (χ4n) is 4.44. The van der Waals surface area contributed by atoms with Gasteiger partial charge in [0.2, 0.25) is 0 Å². The van der Waals surface area contributed by atoms with E-state index in [-0.39, 0.29) is 53.1 Å². The summed E-state index contributed by atoms with van der Waals surface area (Å²) < 4.78 is 11.4. The van der Waals surface area contributed by atoms with Gasteiger partial charge in [-0.3, -0.25) is 4.79 Å². The topological polar surface area (TPSA) is 157 Å². The van der Waals surface area contributed by atoms with Gasteiger partial charge in [0, 0.05) is 29.5 Å². The Hall–Kier alpha value is -4.11. The molecule has 0 aliphatic carbocycles. The Labute approximate surface area is 187 Å². The van der Waals surface area contributed by atoms with E-state index in [0.717, 1.165) is 0 Å². The number of hydrogen-bond donors (Lipinski definition) is 6. The average Bonchev–Trinajstić information content (AvgIpc) is 2.77. The summed E-state index contributed by atoms with van der Waals surface area (Å²) in [6.45, 7) is 0. The molecule has 170 valence electrons. The Kier molecular flexibility index (Phi) is 4.71. The smallest absolute Gasteiger partial charge is 0.312 e. The number of benzene rings is 3. The van der Waals surface area contributed by atoms with Crippen LogP contribution in [0.2, 0.25) is 0 Å². The van der Waals surface area contributed by atoms with Crippen LogP contribution < -0.4 is 9.47 Å². The summed E-state index contributed by atoms with van der Waals surface area (Å²) in [4.78, 5) is 12.4. The average molecular weight is 452 g/mol. The third-order valence-electron chi connectivity index (χ3n) is 6.04. The van der Waals surface area contributed by atoms with Gasteiger partial charge in [0.05, 0.1) is 12.5 Å². The molecule has 5 rings (SSSR count). The van der Waals surface area contributed by atoms with Crippen LogP contribution in [0.4, 0.5) is 0 Å². The fourth-order valence-corrected chi connectivity index (χ4v) is 4.44. The Morgan fingerprint density at radius 3 is 2.06 bits per heavy atom. The lowest BCUT2D eigenvalue weighted by Gasteiger charge is -2.35. The first-order valence-corrected chi connectivity index (χ1v) is 10.2.